The van der Waals surface area contributed by atoms with Gasteiger partial charge in [-0.25, -0.2) is 0 Å². The third kappa shape index (κ3) is 2.47. The van der Waals surface area contributed by atoms with Gasteiger partial charge in [0, 0.05) is 4.47 Å². The van der Waals surface area contributed by atoms with Crippen molar-refractivity contribution in [2.45, 2.75) is 0 Å². The lowest BCUT2D eigenvalue weighted by atomic mass is 10.2. The molecule has 0 unspecified atom stereocenters. The molecule has 2 aromatic rings. The first-order valence-corrected chi connectivity index (χ1v) is 6.05. The van der Waals surface area contributed by atoms with Gasteiger partial charge in [-0.05, 0) is 40.2 Å². The normalized spacial score (nSPS) is 9.61. The molecular weight excluding hydrogens is 294 g/mol. The van der Waals surface area contributed by atoms with Crippen molar-refractivity contribution in [3.63, 3.8) is 0 Å². The Bertz CT molecular complexity index is 605. The second-order valence-electron chi connectivity index (χ2n) is 3.48. The predicted molar refractivity (Wildman–Crippen MR) is 71.9 cm³/mol. The summed E-state index contributed by atoms with van der Waals surface area (Å²) in [4.78, 5) is 0. The highest BCUT2D eigenvalue weighted by Gasteiger charge is 2.10. The molecule has 0 radical (unpaired) electrons. The summed E-state index contributed by atoms with van der Waals surface area (Å²) >= 11 is 3.32. The van der Waals surface area contributed by atoms with Gasteiger partial charge in [-0.1, -0.05) is 18.2 Å². The van der Waals surface area contributed by atoms with Crippen molar-refractivity contribution in [3.05, 3.63) is 52.5 Å². The molecule has 3 nitrogen and oxygen atoms in total. The molecule has 0 atom stereocenters. The fraction of sp³-hybridized carbons (Fsp3) is 0.0714. The Hall–Kier alpha value is -1.99. The minimum absolute atomic E-state index is 0.461. The average molecular weight is 304 g/mol. The van der Waals surface area contributed by atoms with E-state index in [4.69, 9.17) is 14.7 Å². The van der Waals surface area contributed by atoms with E-state index in [0.29, 0.717) is 27.3 Å². The third-order valence-corrected chi connectivity index (χ3v) is 3.04. The van der Waals surface area contributed by atoms with E-state index in [-0.39, 0.29) is 0 Å². The highest BCUT2D eigenvalue weighted by atomic mass is 79.9. The van der Waals surface area contributed by atoms with Crippen LogP contribution in [0.4, 0.5) is 0 Å². The molecule has 18 heavy (non-hydrogen) atoms. The summed E-state index contributed by atoms with van der Waals surface area (Å²) in [6, 6.07) is 14.8. The molecule has 0 spiro atoms. The molecule has 0 aliphatic carbocycles. The molecule has 0 saturated heterocycles. The van der Waals surface area contributed by atoms with E-state index in [2.05, 4.69) is 22.0 Å². The van der Waals surface area contributed by atoms with E-state index in [1.54, 1.807) is 31.4 Å². The van der Waals surface area contributed by atoms with Crippen LogP contribution in [0, 0.1) is 11.3 Å². The zero-order valence-electron chi connectivity index (χ0n) is 9.68. The molecule has 2 rings (SSSR count). The summed E-state index contributed by atoms with van der Waals surface area (Å²) in [5, 5.41) is 9.11. The summed E-state index contributed by atoms with van der Waals surface area (Å²) in [7, 11) is 1.58. The van der Waals surface area contributed by atoms with E-state index in [1.165, 1.54) is 0 Å². The van der Waals surface area contributed by atoms with Crippen molar-refractivity contribution in [2.24, 2.45) is 0 Å². The van der Waals surface area contributed by atoms with Gasteiger partial charge in [0.1, 0.15) is 17.4 Å². The lowest BCUT2D eigenvalue weighted by Gasteiger charge is -2.11. The predicted octanol–water partition coefficient (Wildman–Crippen LogP) is 4.12. The fourth-order valence-electron chi connectivity index (χ4n) is 1.52. The van der Waals surface area contributed by atoms with Crippen molar-refractivity contribution in [1.82, 2.24) is 0 Å². The number of ether oxygens (including phenoxy) is 2. The Morgan fingerprint density at radius 3 is 2.33 bits per heavy atom. The van der Waals surface area contributed by atoms with Crippen LogP contribution in [0.2, 0.25) is 0 Å². The van der Waals surface area contributed by atoms with E-state index in [9.17, 15) is 0 Å². The Morgan fingerprint density at radius 1 is 1.00 bits per heavy atom. The standard InChI is InChI=1S/C14H10BrNO2/c1-17-13-6-2-3-7-14(13)18-12-8-4-5-11(15)10(12)9-16/h2-8H,1H3. The quantitative estimate of drug-likeness (QED) is 0.856. The molecule has 0 aromatic heterocycles. The molecule has 90 valence electrons. The Kier molecular flexibility index (Phi) is 3.85. The number of nitrogens with zero attached hydrogens (tertiary/aromatic N) is 1. The Morgan fingerprint density at radius 2 is 1.67 bits per heavy atom. The highest BCUT2D eigenvalue weighted by molar-refractivity contribution is 9.10. The molecule has 0 aliphatic rings. The van der Waals surface area contributed by atoms with Gasteiger partial charge >= 0.3 is 0 Å². The number of nitriles is 1. The molecule has 0 aliphatic heterocycles. The largest absolute Gasteiger partial charge is 0.493 e. The Balaban J connectivity index is 2.41. The summed E-state index contributed by atoms with van der Waals surface area (Å²) in [5.41, 5.74) is 0.461. The SMILES string of the molecule is COc1ccccc1Oc1cccc(Br)c1C#N. The van der Waals surface area contributed by atoms with Gasteiger partial charge in [0.2, 0.25) is 0 Å². The van der Waals surface area contributed by atoms with Gasteiger partial charge in [-0.15, -0.1) is 0 Å². The summed E-state index contributed by atoms with van der Waals surface area (Å²) in [5.74, 6) is 1.70. The molecule has 0 saturated carbocycles. The maximum atomic E-state index is 9.11. The van der Waals surface area contributed by atoms with Crippen molar-refractivity contribution < 1.29 is 9.47 Å². The van der Waals surface area contributed by atoms with Gasteiger partial charge in [-0.2, -0.15) is 5.26 Å². The van der Waals surface area contributed by atoms with Crippen LogP contribution in [0.15, 0.2) is 46.9 Å². The second kappa shape index (κ2) is 5.56. The summed E-state index contributed by atoms with van der Waals surface area (Å²) in [6.45, 7) is 0. The van der Waals surface area contributed by atoms with Crippen molar-refractivity contribution >= 4 is 15.9 Å². The van der Waals surface area contributed by atoms with Crippen LogP contribution < -0.4 is 9.47 Å². The maximum Gasteiger partial charge on any atom is 0.169 e. The minimum Gasteiger partial charge on any atom is -0.493 e. The number of benzene rings is 2. The molecule has 0 bridgehead atoms. The maximum absolute atomic E-state index is 9.11. The van der Waals surface area contributed by atoms with Gasteiger partial charge in [-0.3, -0.25) is 0 Å². The first-order valence-electron chi connectivity index (χ1n) is 5.25. The molecule has 0 heterocycles. The van der Waals surface area contributed by atoms with Gasteiger partial charge in [0.05, 0.1) is 7.11 Å². The number of hydrogen-bond acceptors (Lipinski definition) is 3. The zero-order valence-corrected chi connectivity index (χ0v) is 11.3. The van der Waals surface area contributed by atoms with Crippen LogP contribution in [0.1, 0.15) is 5.56 Å². The molecule has 0 fully saturated rings. The number of halogens is 1. The van der Waals surface area contributed by atoms with Gasteiger partial charge < -0.3 is 9.47 Å². The van der Waals surface area contributed by atoms with Crippen molar-refractivity contribution in [1.29, 1.82) is 5.26 Å². The van der Waals surface area contributed by atoms with Crippen LogP contribution in [0.5, 0.6) is 17.2 Å². The fourth-order valence-corrected chi connectivity index (χ4v) is 1.96. The molecule has 0 amide bonds. The molecule has 4 heteroatoms. The first kappa shape index (κ1) is 12.5. The zero-order chi connectivity index (χ0) is 13.0. The van der Waals surface area contributed by atoms with E-state index < -0.39 is 0 Å². The summed E-state index contributed by atoms with van der Waals surface area (Å²) < 4.78 is 11.6. The molecule has 2 aromatic carbocycles. The van der Waals surface area contributed by atoms with E-state index in [1.807, 2.05) is 18.2 Å². The van der Waals surface area contributed by atoms with Crippen molar-refractivity contribution in [3.8, 4) is 23.3 Å². The average Bonchev–Trinajstić information content (AvgIpc) is 2.40. The monoisotopic (exact) mass is 303 g/mol. The van der Waals surface area contributed by atoms with Crippen LogP contribution in [0.3, 0.4) is 0 Å². The molecular formula is C14H10BrNO2. The number of para-hydroxylation sites is 2. The van der Waals surface area contributed by atoms with E-state index >= 15 is 0 Å². The third-order valence-electron chi connectivity index (χ3n) is 2.38. The van der Waals surface area contributed by atoms with Gasteiger partial charge in [0.15, 0.2) is 11.5 Å². The second-order valence-corrected chi connectivity index (χ2v) is 4.33. The smallest absolute Gasteiger partial charge is 0.169 e. The minimum atomic E-state index is 0.461. The Labute approximate surface area is 114 Å². The van der Waals surface area contributed by atoms with Crippen LogP contribution in [0.25, 0.3) is 0 Å². The number of methoxy groups -OCH3 is 1. The van der Waals surface area contributed by atoms with E-state index in [0.717, 1.165) is 0 Å². The number of rotatable bonds is 3. The highest BCUT2D eigenvalue weighted by Crippen LogP contribution is 2.34. The molecule has 0 N–H and O–H groups in total. The van der Waals surface area contributed by atoms with Crippen LogP contribution in [-0.4, -0.2) is 7.11 Å². The first-order chi connectivity index (χ1) is 8.76. The lowest BCUT2D eigenvalue weighted by Crippen LogP contribution is -1.92. The number of hydrogen-bond donors (Lipinski definition) is 0. The summed E-state index contributed by atoms with van der Waals surface area (Å²) in [6.07, 6.45) is 0. The van der Waals surface area contributed by atoms with Gasteiger partial charge in [0.25, 0.3) is 0 Å². The van der Waals surface area contributed by atoms with Crippen LogP contribution >= 0.6 is 15.9 Å². The topological polar surface area (TPSA) is 42.2 Å². The lowest BCUT2D eigenvalue weighted by molar-refractivity contribution is 0.378. The van der Waals surface area contributed by atoms with Crippen LogP contribution in [-0.2, 0) is 0 Å². The van der Waals surface area contributed by atoms with Crippen molar-refractivity contribution in [2.75, 3.05) is 7.11 Å².